The van der Waals surface area contributed by atoms with Crippen molar-refractivity contribution in [3.63, 3.8) is 0 Å². The van der Waals surface area contributed by atoms with Gasteiger partial charge in [-0.25, -0.2) is 8.42 Å². The fourth-order valence-electron chi connectivity index (χ4n) is 1.97. The van der Waals surface area contributed by atoms with E-state index < -0.39 is 9.05 Å². The minimum atomic E-state index is -3.79. The van der Waals surface area contributed by atoms with Crippen LogP contribution in [0.3, 0.4) is 0 Å². The quantitative estimate of drug-likeness (QED) is 0.750. The van der Waals surface area contributed by atoms with Crippen LogP contribution in [0.5, 0.6) is 0 Å². The van der Waals surface area contributed by atoms with Crippen LogP contribution in [0.1, 0.15) is 29.8 Å². The Labute approximate surface area is 130 Å². The molecule has 0 bridgehead atoms. The van der Waals surface area contributed by atoms with Crippen LogP contribution < -0.4 is 0 Å². The second-order valence-electron chi connectivity index (χ2n) is 5.00. The van der Waals surface area contributed by atoms with Gasteiger partial charge in [-0.15, -0.1) is 0 Å². The molecule has 0 N–H and O–H groups in total. The summed E-state index contributed by atoms with van der Waals surface area (Å²) in [5.41, 5.74) is 1.04. The molecule has 118 valence electrons. The highest BCUT2D eigenvalue weighted by atomic mass is 35.7. The van der Waals surface area contributed by atoms with Gasteiger partial charge in [0.2, 0.25) is 0 Å². The van der Waals surface area contributed by atoms with Gasteiger partial charge in [-0.1, -0.05) is 0 Å². The summed E-state index contributed by atoms with van der Waals surface area (Å²) in [4.78, 5) is 14.2. The first-order valence-corrected chi connectivity index (χ1v) is 8.84. The lowest BCUT2D eigenvalue weighted by atomic mass is 10.1. The molecule has 1 rings (SSSR count). The lowest BCUT2D eigenvalue weighted by Gasteiger charge is -2.27. The molecule has 0 spiro atoms. The largest absolute Gasteiger partial charge is 0.383 e. The van der Waals surface area contributed by atoms with Crippen LogP contribution in [-0.2, 0) is 13.8 Å². The second-order valence-corrected chi connectivity index (χ2v) is 7.57. The maximum atomic E-state index is 12.6. The Bertz CT molecular complexity index is 613. The molecule has 0 unspecified atom stereocenters. The molecule has 0 aliphatic heterocycles. The van der Waals surface area contributed by atoms with E-state index in [2.05, 4.69) is 0 Å². The van der Waals surface area contributed by atoms with Crippen LogP contribution in [0.2, 0.25) is 0 Å². The molecule has 0 aromatic heterocycles. The molecule has 0 atom stereocenters. The summed E-state index contributed by atoms with van der Waals surface area (Å²) in [5.74, 6) is -0.155. The van der Waals surface area contributed by atoms with Gasteiger partial charge in [0, 0.05) is 35.9 Å². The van der Waals surface area contributed by atoms with E-state index in [1.54, 1.807) is 18.9 Å². The van der Waals surface area contributed by atoms with E-state index in [9.17, 15) is 13.2 Å². The van der Waals surface area contributed by atoms with E-state index in [4.69, 9.17) is 15.4 Å². The number of ether oxygens (including phenoxy) is 1. The highest BCUT2D eigenvalue weighted by Gasteiger charge is 2.21. The van der Waals surface area contributed by atoms with E-state index in [1.165, 1.54) is 18.2 Å². The SMILES string of the molecule is COCCN(C(=O)c1ccc(S(=O)(=O)Cl)cc1C)C(C)C. The number of amides is 1. The molecule has 0 fully saturated rings. The van der Waals surface area contributed by atoms with E-state index in [1.807, 2.05) is 13.8 Å². The van der Waals surface area contributed by atoms with Gasteiger partial charge < -0.3 is 9.64 Å². The standard InChI is InChI=1S/C14H20ClNO4S/c1-10(2)16(7-8-20-4)14(17)13-6-5-12(9-11(13)3)21(15,18)19/h5-6,9-10H,7-8H2,1-4H3. The highest BCUT2D eigenvalue weighted by molar-refractivity contribution is 8.13. The fraction of sp³-hybridized carbons (Fsp3) is 0.500. The predicted molar refractivity (Wildman–Crippen MR) is 82.3 cm³/mol. The third-order valence-electron chi connectivity index (χ3n) is 3.13. The van der Waals surface area contributed by atoms with Crippen LogP contribution in [-0.4, -0.2) is 45.5 Å². The first kappa shape index (κ1) is 17.9. The topological polar surface area (TPSA) is 63.7 Å². The third kappa shape index (κ3) is 4.69. The Morgan fingerprint density at radius 1 is 1.38 bits per heavy atom. The molecule has 0 aliphatic carbocycles. The Balaban J connectivity index is 3.11. The molecule has 7 heteroatoms. The minimum absolute atomic E-state index is 0.00814. The van der Waals surface area contributed by atoms with E-state index in [0.717, 1.165) is 0 Å². The molecular weight excluding hydrogens is 314 g/mol. The number of benzene rings is 1. The zero-order chi connectivity index (χ0) is 16.2. The van der Waals surface area contributed by atoms with Gasteiger partial charge in [0.05, 0.1) is 11.5 Å². The molecule has 0 saturated carbocycles. The van der Waals surface area contributed by atoms with Crippen molar-refractivity contribution < 1.29 is 17.9 Å². The van der Waals surface area contributed by atoms with E-state index >= 15 is 0 Å². The molecule has 0 aliphatic rings. The lowest BCUT2D eigenvalue weighted by Crippen LogP contribution is -2.39. The van der Waals surface area contributed by atoms with Gasteiger partial charge in [-0.2, -0.15) is 0 Å². The number of aryl methyl sites for hydroxylation is 1. The van der Waals surface area contributed by atoms with Crippen LogP contribution in [0.15, 0.2) is 23.1 Å². The van der Waals surface area contributed by atoms with Crippen molar-refractivity contribution in [1.29, 1.82) is 0 Å². The summed E-state index contributed by atoms with van der Waals surface area (Å²) in [6.07, 6.45) is 0. The zero-order valence-corrected chi connectivity index (χ0v) is 14.2. The minimum Gasteiger partial charge on any atom is -0.383 e. The van der Waals surface area contributed by atoms with Gasteiger partial charge in [0.15, 0.2) is 0 Å². The zero-order valence-electron chi connectivity index (χ0n) is 12.6. The molecule has 1 aromatic carbocycles. The predicted octanol–water partition coefficient (Wildman–Crippen LogP) is 2.42. The fourth-order valence-corrected chi connectivity index (χ4v) is 2.80. The number of hydrogen-bond donors (Lipinski definition) is 0. The summed E-state index contributed by atoms with van der Waals surface area (Å²) in [5, 5.41) is 0. The Morgan fingerprint density at radius 3 is 2.43 bits per heavy atom. The van der Waals surface area contributed by atoms with Crippen molar-refractivity contribution in [2.24, 2.45) is 0 Å². The average molecular weight is 334 g/mol. The van der Waals surface area contributed by atoms with Gasteiger partial charge in [-0.3, -0.25) is 4.79 Å². The summed E-state index contributed by atoms with van der Waals surface area (Å²) in [7, 11) is 3.09. The number of halogens is 1. The number of nitrogens with zero attached hydrogens (tertiary/aromatic N) is 1. The van der Waals surface area contributed by atoms with E-state index in [0.29, 0.717) is 24.3 Å². The first-order valence-electron chi connectivity index (χ1n) is 6.53. The average Bonchev–Trinajstić information content (AvgIpc) is 2.37. The number of carbonyl (C=O) groups excluding carboxylic acids is 1. The van der Waals surface area contributed by atoms with Gasteiger partial charge >= 0.3 is 0 Å². The molecule has 0 heterocycles. The lowest BCUT2D eigenvalue weighted by molar-refractivity contribution is 0.0634. The van der Waals surface area contributed by atoms with Crippen LogP contribution in [0.4, 0.5) is 0 Å². The summed E-state index contributed by atoms with van der Waals surface area (Å²) < 4.78 is 27.6. The molecule has 0 radical (unpaired) electrons. The van der Waals surface area contributed by atoms with Gasteiger partial charge in [0.1, 0.15) is 0 Å². The molecular formula is C14H20ClNO4S. The Hall–Kier alpha value is -1.11. The van der Waals surface area contributed by atoms with Crippen molar-refractivity contribution >= 4 is 25.6 Å². The van der Waals surface area contributed by atoms with Gasteiger partial charge in [-0.05, 0) is 44.5 Å². The Kier molecular flexibility index (Phi) is 6.19. The number of carbonyl (C=O) groups is 1. The van der Waals surface area contributed by atoms with Crippen molar-refractivity contribution in [3.8, 4) is 0 Å². The molecule has 1 amide bonds. The number of rotatable bonds is 6. The monoisotopic (exact) mass is 333 g/mol. The first-order chi connectivity index (χ1) is 9.68. The van der Waals surface area contributed by atoms with Crippen LogP contribution in [0, 0.1) is 6.92 Å². The molecule has 21 heavy (non-hydrogen) atoms. The maximum absolute atomic E-state index is 12.6. The number of hydrogen-bond acceptors (Lipinski definition) is 4. The summed E-state index contributed by atoms with van der Waals surface area (Å²) >= 11 is 0. The molecule has 5 nitrogen and oxygen atoms in total. The summed E-state index contributed by atoms with van der Waals surface area (Å²) in [6.45, 7) is 6.44. The number of methoxy groups -OCH3 is 1. The highest BCUT2D eigenvalue weighted by Crippen LogP contribution is 2.20. The molecule has 1 aromatic rings. The van der Waals surface area contributed by atoms with E-state index in [-0.39, 0.29) is 16.8 Å². The second kappa shape index (κ2) is 7.24. The van der Waals surface area contributed by atoms with Crippen LogP contribution in [0.25, 0.3) is 0 Å². The van der Waals surface area contributed by atoms with Gasteiger partial charge in [0.25, 0.3) is 15.0 Å². The summed E-state index contributed by atoms with van der Waals surface area (Å²) in [6, 6.07) is 4.26. The van der Waals surface area contributed by atoms with Crippen LogP contribution >= 0.6 is 10.7 Å². The van der Waals surface area contributed by atoms with Crippen molar-refractivity contribution in [3.05, 3.63) is 29.3 Å². The van der Waals surface area contributed by atoms with Crippen molar-refractivity contribution in [2.45, 2.75) is 31.7 Å². The van der Waals surface area contributed by atoms with Crippen molar-refractivity contribution in [2.75, 3.05) is 20.3 Å². The normalized spacial score (nSPS) is 11.7. The maximum Gasteiger partial charge on any atom is 0.261 e. The Morgan fingerprint density at radius 2 is 2.00 bits per heavy atom. The molecule has 0 saturated heterocycles. The third-order valence-corrected chi connectivity index (χ3v) is 4.48. The van der Waals surface area contributed by atoms with Crippen molar-refractivity contribution in [1.82, 2.24) is 4.90 Å². The smallest absolute Gasteiger partial charge is 0.261 e.